The van der Waals surface area contributed by atoms with E-state index in [-0.39, 0.29) is 13.2 Å². The van der Waals surface area contributed by atoms with Crippen molar-refractivity contribution in [1.29, 1.82) is 0 Å². The second kappa shape index (κ2) is 7.72. The first-order valence-corrected chi connectivity index (χ1v) is 6.52. The summed E-state index contributed by atoms with van der Waals surface area (Å²) >= 11 is 5.78. The zero-order chi connectivity index (χ0) is 15.1. The van der Waals surface area contributed by atoms with Gasteiger partial charge in [-0.15, -0.1) is 0 Å². The van der Waals surface area contributed by atoms with Gasteiger partial charge in [-0.25, -0.2) is 4.79 Å². The van der Waals surface area contributed by atoms with Crippen molar-refractivity contribution in [2.75, 3.05) is 31.1 Å². The van der Waals surface area contributed by atoms with Crippen LogP contribution in [0.4, 0.5) is 10.5 Å². The Kier molecular flexibility index (Phi) is 6.27. The third kappa shape index (κ3) is 4.40. The topological polar surface area (TPSA) is 81.1 Å². The number of hydrogen-bond donors (Lipinski definition) is 2. The highest BCUT2D eigenvalue weighted by Gasteiger charge is 2.23. The molecule has 0 heterocycles. The second-order valence-corrected chi connectivity index (χ2v) is 4.48. The van der Waals surface area contributed by atoms with E-state index < -0.39 is 18.5 Å². The zero-order valence-electron chi connectivity index (χ0n) is 11.1. The summed E-state index contributed by atoms with van der Waals surface area (Å²) in [5.74, 6) is -1.12. The predicted molar refractivity (Wildman–Crippen MR) is 76.2 cm³/mol. The van der Waals surface area contributed by atoms with E-state index in [9.17, 15) is 9.59 Å². The molecule has 0 radical (unpaired) electrons. The van der Waals surface area contributed by atoms with E-state index in [2.05, 4.69) is 0 Å². The number of halogens is 1. The molecule has 7 heteroatoms. The molecule has 20 heavy (non-hydrogen) atoms. The highest BCUT2D eigenvalue weighted by Crippen LogP contribution is 2.19. The number of carbonyl (C=O) groups excluding carboxylic acids is 1. The average molecular weight is 301 g/mol. The number of amides is 2. The Hall–Kier alpha value is -1.79. The lowest BCUT2D eigenvalue weighted by atomic mass is 10.3. The van der Waals surface area contributed by atoms with Crippen molar-refractivity contribution in [3.8, 4) is 0 Å². The molecule has 0 saturated heterocycles. The Morgan fingerprint density at radius 1 is 1.25 bits per heavy atom. The summed E-state index contributed by atoms with van der Waals surface area (Å²) in [4.78, 5) is 25.8. The van der Waals surface area contributed by atoms with Gasteiger partial charge in [-0.3, -0.25) is 9.69 Å². The van der Waals surface area contributed by atoms with Crippen LogP contribution in [0, 0.1) is 0 Å². The van der Waals surface area contributed by atoms with Gasteiger partial charge in [0, 0.05) is 23.8 Å². The molecule has 1 rings (SSSR count). The molecule has 2 amide bonds. The number of aliphatic carboxylic acids is 1. The number of carboxylic acid groups (broad SMARTS) is 1. The lowest BCUT2D eigenvalue weighted by molar-refractivity contribution is -0.135. The minimum atomic E-state index is -1.12. The number of aliphatic hydroxyl groups excluding tert-OH is 1. The molecule has 0 aliphatic rings. The van der Waals surface area contributed by atoms with E-state index in [0.29, 0.717) is 17.3 Å². The maximum absolute atomic E-state index is 12.3. The number of hydrogen-bond acceptors (Lipinski definition) is 3. The third-order valence-electron chi connectivity index (χ3n) is 2.68. The van der Waals surface area contributed by atoms with Crippen LogP contribution in [0.25, 0.3) is 0 Å². The summed E-state index contributed by atoms with van der Waals surface area (Å²) in [6, 6.07) is 5.86. The number of carboxylic acids is 1. The molecule has 2 N–H and O–H groups in total. The molecular weight excluding hydrogens is 284 g/mol. The van der Waals surface area contributed by atoms with Gasteiger partial charge in [-0.05, 0) is 31.2 Å². The van der Waals surface area contributed by atoms with Gasteiger partial charge >= 0.3 is 12.0 Å². The normalized spacial score (nSPS) is 10.2. The van der Waals surface area contributed by atoms with Gasteiger partial charge < -0.3 is 15.1 Å². The van der Waals surface area contributed by atoms with Crippen molar-refractivity contribution in [3.05, 3.63) is 29.3 Å². The van der Waals surface area contributed by atoms with Gasteiger partial charge in [-0.2, -0.15) is 0 Å². The molecular formula is C13H17ClN2O4. The number of rotatable bonds is 6. The highest BCUT2D eigenvalue weighted by molar-refractivity contribution is 6.30. The van der Waals surface area contributed by atoms with Crippen molar-refractivity contribution in [1.82, 2.24) is 4.90 Å². The molecule has 0 spiro atoms. The van der Waals surface area contributed by atoms with Crippen LogP contribution < -0.4 is 4.90 Å². The molecule has 0 aliphatic heterocycles. The first kappa shape index (κ1) is 16.3. The van der Waals surface area contributed by atoms with Crippen molar-refractivity contribution >= 4 is 29.3 Å². The molecule has 0 bridgehead atoms. The molecule has 0 aromatic heterocycles. The van der Waals surface area contributed by atoms with Crippen LogP contribution in [-0.4, -0.2) is 53.4 Å². The molecule has 1 aromatic carbocycles. The molecule has 0 unspecified atom stereocenters. The maximum Gasteiger partial charge on any atom is 0.325 e. The zero-order valence-corrected chi connectivity index (χ0v) is 11.9. The monoisotopic (exact) mass is 300 g/mol. The number of nitrogens with zero attached hydrogens (tertiary/aromatic N) is 2. The molecule has 0 aliphatic carbocycles. The summed E-state index contributed by atoms with van der Waals surface area (Å²) in [7, 11) is 0. The first-order chi connectivity index (χ1) is 9.49. The Balaban J connectivity index is 3.01. The summed E-state index contributed by atoms with van der Waals surface area (Å²) < 4.78 is 0. The molecule has 0 fully saturated rings. The maximum atomic E-state index is 12.3. The van der Waals surface area contributed by atoms with Crippen LogP contribution in [0.1, 0.15) is 6.92 Å². The Morgan fingerprint density at radius 2 is 1.85 bits per heavy atom. The average Bonchev–Trinajstić information content (AvgIpc) is 2.42. The molecule has 1 aromatic rings. The largest absolute Gasteiger partial charge is 0.480 e. The van der Waals surface area contributed by atoms with E-state index in [0.717, 1.165) is 4.90 Å². The Labute approximate surface area is 122 Å². The van der Waals surface area contributed by atoms with Gasteiger partial charge in [-0.1, -0.05) is 11.6 Å². The van der Waals surface area contributed by atoms with E-state index in [1.54, 1.807) is 31.2 Å². The van der Waals surface area contributed by atoms with Gasteiger partial charge in [0.2, 0.25) is 0 Å². The van der Waals surface area contributed by atoms with Crippen molar-refractivity contribution in [2.45, 2.75) is 6.92 Å². The van der Waals surface area contributed by atoms with Gasteiger partial charge in [0.15, 0.2) is 0 Å². The van der Waals surface area contributed by atoms with E-state index >= 15 is 0 Å². The number of urea groups is 1. The van der Waals surface area contributed by atoms with Crippen LogP contribution >= 0.6 is 11.6 Å². The van der Waals surface area contributed by atoms with Gasteiger partial charge in [0.25, 0.3) is 0 Å². The lowest BCUT2D eigenvalue weighted by Gasteiger charge is -2.28. The SMILES string of the molecule is CCN(CCO)C(=O)N(CC(=O)O)c1ccc(Cl)cc1. The standard InChI is InChI=1S/C13H17ClN2O4/c1-2-15(7-8-17)13(20)16(9-12(18)19)11-5-3-10(14)4-6-11/h3-6,17H,2,7-9H2,1H3,(H,18,19). The third-order valence-corrected chi connectivity index (χ3v) is 2.94. The van der Waals surface area contributed by atoms with Crippen molar-refractivity contribution in [2.24, 2.45) is 0 Å². The number of carbonyl (C=O) groups is 2. The second-order valence-electron chi connectivity index (χ2n) is 4.04. The van der Waals surface area contributed by atoms with Gasteiger partial charge in [0.05, 0.1) is 6.61 Å². The fourth-order valence-electron chi connectivity index (χ4n) is 1.71. The first-order valence-electron chi connectivity index (χ1n) is 6.14. The predicted octanol–water partition coefficient (Wildman–Crippen LogP) is 1.67. The molecule has 0 atom stereocenters. The van der Waals surface area contributed by atoms with Crippen molar-refractivity contribution in [3.63, 3.8) is 0 Å². The minimum absolute atomic E-state index is 0.152. The van der Waals surface area contributed by atoms with Crippen LogP contribution in [0.3, 0.4) is 0 Å². The number of aliphatic hydroxyl groups is 1. The van der Waals surface area contributed by atoms with Crippen LogP contribution in [0.2, 0.25) is 5.02 Å². The fraction of sp³-hybridized carbons (Fsp3) is 0.385. The lowest BCUT2D eigenvalue weighted by Crippen LogP contribution is -2.46. The van der Waals surface area contributed by atoms with Crippen LogP contribution in [-0.2, 0) is 4.79 Å². The molecule has 110 valence electrons. The summed E-state index contributed by atoms with van der Waals surface area (Å²) in [5.41, 5.74) is 0.443. The Morgan fingerprint density at radius 3 is 2.30 bits per heavy atom. The highest BCUT2D eigenvalue weighted by atomic mass is 35.5. The van der Waals surface area contributed by atoms with E-state index in [4.69, 9.17) is 21.8 Å². The summed E-state index contributed by atoms with van der Waals surface area (Å²) in [6.45, 7) is 1.65. The molecule has 0 saturated carbocycles. The Bertz CT molecular complexity index is 464. The van der Waals surface area contributed by atoms with Gasteiger partial charge in [0.1, 0.15) is 6.54 Å². The smallest absolute Gasteiger partial charge is 0.325 e. The van der Waals surface area contributed by atoms with Crippen LogP contribution in [0.5, 0.6) is 0 Å². The minimum Gasteiger partial charge on any atom is -0.480 e. The van der Waals surface area contributed by atoms with Crippen LogP contribution in [0.15, 0.2) is 24.3 Å². The quantitative estimate of drug-likeness (QED) is 0.837. The summed E-state index contributed by atoms with van der Waals surface area (Å²) in [6.07, 6.45) is 0. The summed E-state index contributed by atoms with van der Waals surface area (Å²) in [5, 5.41) is 18.4. The number of benzene rings is 1. The number of anilines is 1. The molecule has 6 nitrogen and oxygen atoms in total. The van der Waals surface area contributed by atoms with E-state index in [1.807, 2.05) is 0 Å². The number of likely N-dealkylation sites (N-methyl/N-ethyl adjacent to an activating group) is 1. The van der Waals surface area contributed by atoms with E-state index in [1.165, 1.54) is 4.90 Å². The van der Waals surface area contributed by atoms with Crippen molar-refractivity contribution < 1.29 is 19.8 Å². The fourth-order valence-corrected chi connectivity index (χ4v) is 1.83.